The number of carbonyl (C=O) groups excluding carboxylic acids is 3. The maximum absolute atomic E-state index is 12.9. The number of imidazole rings is 1. The average molecular weight is 433 g/mol. The Hall–Kier alpha value is -4.12. The van der Waals surface area contributed by atoms with Gasteiger partial charge in [0.05, 0.1) is 22.6 Å². The third kappa shape index (κ3) is 4.78. The minimum Gasteiger partial charge on any atom is -0.481 e. The Bertz CT molecular complexity index is 1260. The van der Waals surface area contributed by atoms with E-state index in [0.29, 0.717) is 34.2 Å². The van der Waals surface area contributed by atoms with Crippen LogP contribution in [0.5, 0.6) is 5.75 Å². The smallest absolute Gasteiger partial charge is 0.329 e. The molecule has 2 aromatic carbocycles. The van der Waals surface area contributed by atoms with Crippen molar-refractivity contribution in [3.63, 3.8) is 0 Å². The molecule has 32 heavy (non-hydrogen) atoms. The highest BCUT2D eigenvalue weighted by atomic mass is 16.5. The lowest BCUT2D eigenvalue weighted by Gasteiger charge is -2.11. The fourth-order valence-electron chi connectivity index (χ4n) is 3.42. The monoisotopic (exact) mass is 433 g/mol. The SMILES string of the molecule is CNC(=O)CCC(C=O)n1c(=O)n(C)c2c(C#CCOc3ccc(C=O)cc3)cccc21. The lowest BCUT2D eigenvalue weighted by Crippen LogP contribution is -2.28. The summed E-state index contributed by atoms with van der Waals surface area (Å²) >= 11 is 0. The van der Waals surface area contributed by atoms with E-state index in [-0.39, 0.29) is 31.0 Å². The van der Waals surface area contributed by atoms with Gasteiger partial charge in [0.1, 0.15) is 24.9 Å². The highest BCUT2D eigenvalue weighted by Gasteiger charge is 2.20. The van der Waals surface area contributed by atoms with E-state index < -0.39 is 6.04 Å². The molecule has 1 heterocycles. The van der Waals surface area contributed by atoms with Crippen LogP contribution in [-0.4, -0.2) is 41.3 Å². The van der Waals surface area contributed by atoms with Gasteiger partial charge in [-0.15, -0.1) is 0 Å². The lowest BCUT2D eigenvalue weighted by atomic mass is 10.1. The molecule has 8 heteroatoms. The molecule has 0 aliphatic heterocycles. The summed E-state index contributed by atoms with van der Waals surface area (Å²) in [6.07, 6.45) is 1.79. The van der Waals surface area contributed by atoms with Gasteiger partial charge in [-0.2, -0.15) is 0 Å². The van der Waals surface area contributed by atoms with Crippen LogP contribution >= 0.6 is 0 Å². The molecule has 1 N–H and O–H groups in total. The summed E-state index contributed by atoms with van der Waals surface area (Å²) < 4.78 is 8.43. The van der Waals surface area contributed by atoms with Gasteiger partial charge in [-0.3, -0.25) is 18.7 Å². The number of aryl methyl sites for hydroxylation is 1. The van der Waals surface area contributed by atoms with Crippen LogP contribution in [0.25, 0.3) is 11.0 Å². The molecular weight excluding hydrogens is 410 g/mol. The normalized spacial score (nSPS) is 11.3. The molecule has 1 atom stereocenters. The van der Waals surface area contributed by atoms with Crippen LogP contribution in [0.3, 0.4) is 0 Å². The van der Waals surface area contributed by atoms with E-state index in [2.05, 4.69) is 17.2 Å². The second-order valence-corrected chi connectivity index (χ2v) is 7.08. The number of rotatable bonds is 8. The molecule has 0 saturated carbocycles. The molecule has 164 valence electrons. The summed E-state index contributed by atoms with van der Waals surface area (Å²) in [5, 5.41) is 2.52. The molecule has 0 aliphatic rings. The lowest BCUT2D eigenvalue weighted by molar-refractivity contribution is -0.121. The first-order chi connectivity index (χ1) is 15.5. The molecule has 1 aromatic heterocycles. The summed E-state index contributed by atoms with van der Waals surface area (Å²) in [5.74, 6) is 6.34. The van der Waals surface area contributed by atoms with Gasteiger partial charge in [0.15, 0.2) is 0 Å². The van der Waals surface area contributed by atoms with Crippen molar-refractivity contribution in [3.8, 4) is 17.6 Å². The van der Waals surface area contributed by atoms with Crippen molar-refractivity contribution >= 4 is 29.5 Å². The molecule has 0 fully saturated rings. The molecule has 0 saturated heterocycles. The van der Waals surface area contributed by atoms with E-state index >= 15 is 0 Å². The van der Waals surface area contributed by atoms with Gasteiger partial charge >= 0.3 is 5.69 Å². The van der Waals surface area contributed by atoms with Gasteiger partial charge in [-0.05, 0) is 42.8 Å². The molecule has 1 unspecified atom stereocenters. The number of hydrogen-bond acceptors (Lipinski definition) is 5. The third-order valence-electron chi connectivity index (χ3n) is 5.09. The Morgan fingerprint density at radius 2 is 1.94 bits per heavy atom. The molecule has 0 spiro atoms. The molecule has 0 aliphatic carbocycles. The molecule has 1 amide bonds. The number of para-hydroxylation sites is 1. The zero-order chi connectivity index (χ0) is 23.1. The van der Waals surface area contributed by atoms with Crippen LogP contribution in [-0.2, 0) is 16.6 Å². The predicted molar refractivity (Wildman–Crippen MR) is 120 cm³/mol. The van der Waals surface area contributed by atoms with Crippen LogP contribution in [0.15, 0.2) is 47.3 Å². The predicted octanol–water partition coefficient (Wildman–Crippen LogP) is 1.85. The Labute approximate surface area is 184 Å². The van der Waals surface area contributed by atoms with E-state index in [4.69, 9.17) is 4.74 Å². The first-order valence-electron chi connectivity index (χ1n) is 10.0. The summed E-state index contributed by atoms with van der Waals surface area (Å²) in [7, 11) is 3.15. The number of nitrogens with one attached hydrogen (secondary N) is 1. The summed E-state index contributed by atoms with van der Waals surface area (Å²) in [5.41, 5.74) is 2.01. The number of nitrogens with zero attached hydrogens (tertiary/aromatic N) is 2. The van der Waals surface area contributed by atoms with Crippen LogP contribution in [0.4, 0.5) is 0 Å². The van der Waals surface area contributed by atoms with Crippen molar-refractivity contribution in [1.29, 1.82) is 0 Å². The Kier molecular flexibility index (Phi) is 7.24. The summed E-state index contributed by atoms with van der Waals surface area (Å²) in [6.45, 7) is 0.120. The Balaban J connectivity index is 1.86. The van der Waals surface area contributed by atoms with Crippen molar-refractivity contribution in [1.82, 2.24) is 14.5 Å². The average Bonchev–Trinajstić information content (AvgIpc) is 3.08. The van der Waals surface area contributed by atoms with Crippen molar-refractivity contribution in [3.05, 3.63) is 64.1 Å². The second kappa shape index (κ2) is 10.3. The van der Waals surface area contributed by atoms with Gasteiger partial charge in [-0.25, -0.2) is 4.79 Å². The number of hydrogen-bond donors (Lipinski definition) is 1. The fourth-order valence-corrected chi connectivity index (χ4v) is 3.42. The number of aldehydes is 2. The zero-order valence-electron chi connectivity index (χ0n) is 17.8. The largest absolute Gasteiger partial charge is 0.481 e. The Morgan fingerprint density at radius 3 is 2.59 bits per heavy atom. The summed E-state index contributed by atoms with van der Waals surface area (Å²) in [6, 6.07) is 11.2. The summed E-state index contributed by atoms with van der Waals surface area (Å²) in [4.78, 5) is 46.9. The molecule has 8 nitrogen and oxygen atoms in total. The highest BCUT2D eigenvalue weighted by molar-refractivity contribution is 5.84. The number of ether oxygens (including phenoxy) is 1. The molecular formula is C24H23N3O5. The third-order valence-corrected chi connectivity index (χ3v) is 5.09. The minimum absolute atomic E-state index is 0.120. The van der Waals surface area contributed by atoms with Crippen LogP contribution < -0.4 is 15.7 Å². The van der Waals surface area contributed by atoms with Gasteiger partial charge < -0.3 is 14.8 Å². The van der Waals surface area contributed by atoms with Gasteiger partial charge in [0.25, 0.3) is 0 Å². The van der Waals surface area contributed by atoms with Gasteiger partial charge in [-0.1, -0.05) is 17.9 Å². The number of fused-ring (bicyclic) bond motifs is 1. The van der Waals surface area contributed by atoms with Crippen molar-refractivity contribution in [2.75, 3.05) is 13.7 Å². The quantitative estimate of drug-likeness (QED) is 0.432. The number of carbonyl (C=O) groups is 3. The second-order valence-electron chi connectivity index (χ2n) is 7.08. The van der Waals surface area contributed by atoms with Crippen molar-refractivity contribution in [2.24, 2.45) is 7.05 Å². The number of benzene rings is 2. The van der Waals surface area contributed by atoms with E-state index in [1.54, 1.807) is 49.5 Å². The molecule has 3 rings (SSSR count). The minimum atomic E-state index is -0.760. The highest BCUT2D eigenvalue weighted by Crippen LogP contribution is 2.21. The van der Waals surface area contributed by atoms with Crippen LogP contribution in [0.1, 0.15) is 34.8 Å². The topological polar surface area (TPSA) is 99.4 Å². The Morgan fingerprint density at radius 1 is 1.19 bits per heavy atom. The first-order valence-corrected chi connectivity index (χ1v) is 10.0. The van der Waals surface area contributed by atoms with E-state index in [9.17, 15) is 19.2 Å². The van der Waals surface area contributed by atoms with Gasteiger partial charge in [0, 0.05) is 26.1 Å². The van der Waals surface area contributed by atoms with E-state index in [1.807, 2.05) is 0 Å². The number of aromatic nitrogens is 2. The zero-order valence-corrected chi connectivity index (χ0v) is 17.8. The molecule has 0 radical (unpaired) electrons. The van der Waals surface area contributed by atoms with Gasteiger partial charge in [0.2, 0.25) is 5.91 Å². The van der Waals surface area contributed by atoms with Crippen LogP contribution in [0, 0.1) is 11.8 Å². The molecule has 0 bridgehead atoms. The van der Waals surface area contributed by atoms with Crippen molar-refractivity contribution < 1.29 is 19.1 Å². The number of amides is 1. The van der Waals surface area contributed by atoms with E-state index in [1.165, 1.54) is 16.2 Å². The molecule has 3 aromatic rings. The maximum atomic E-state index is 12.9. The first kappa shape index (κ1) is 22.6. The van der Waals surface area contributed by atoms with Crippen LogP contribution in [0.2, 0.25) is 0 Å². The van der Waals surface area contributed by atoms with E-state index in [0.717, 1.165) is 6.29 Å². The standard InChI is InChI=1S/C24H23N3O5/c1-25-22(30)13-10-19(16-29)27-21-7-3-5-18(23(21)26(2)24(27)31)6-4-14-32-20-11-8-17(15-28)9-12-20/h3,5,7-9,11-12,15-16,19H,10,13-14H2,1-2H3,(H,25,30). The fraction of sp³-hybridized carbons (Fsp3) is 0.250. The van der Waals surface area contributed by atoms with Crippen molar-refractivity contribution in [2.45, 2.75) is 18.9 Å². The maximum Gasteiger partial charge on any atom is 0.329 e.